The van der Waals surface area contributed by atoms with Crippen LogP contribution in [0.3, 0.4) is 0 Å². The van der Waals surface area contributed by atoms with E-state index in [1.807, 2.05) is 40.4 Å². The van der Waals surface area contributed by atoms with Gasteiger partial charge < -0.3 is 4.98 Å². The number of halogens is 1. The molecule has 0 aromatic carbocycles. The van der Waals surface area contributed by atoms with Crippen molar-refractivity contribution in [2.24, 2.45) is 0 Å². The maximum Gasteiger partial charge on any atom is 0.264 e. The molecule has 0 atom stereocenters. The Bertz CT molecular complexity index is 587. The van der Waals surface area contributed by atoms with Crippen molar-refractivity contribution in [2.75, 3.05) is 0 Å². The molecule has 0 aliphatic heterocycles. The Hall–Kier alpha value is -1.18. The Morgan fingerprint density at radius 3 is 2.94 bits per heavy atom. The molecule has 2 rings (SSSR count). The number of aromatic amines is 1. The lowest BCUT2D eigenvalue weighted by atomic mass is 10.3. The molecular weight excluding hydrogens is 331 g/mol. The van der Waals surface area contributed by atoms with Crippen LogP contribution >= 0.6 is 22.6 Å². The van der Waals surface area contributed by atoms with Gasteiger partial charge >= 0.3 is 0 Å². The van der Waals surface area contributed by atoms with E-state index in [-0.39, 0.29) is 5.56 Å². The zero-order chi connectivity index (χ0) is 12.4. The zero-order valence-corrected chi connectivity index (χ0v) is 11.9. The lowest BCUT2D eigenvalue weighted by Crippen LogP contribution is -2.14. The van der Waals surface area contributed by atoms with Crippen LogP contribution in [0.2, 0.25) is 0 Å². The van der Waals surface area contributed by atoms with Crippen molar-refractivity contribution < 1.29 is 0 Å². The molecule has 17 heavy (non-hydrogen) atoms. The van der Waals surface area contributed by atoms with Gasteiger partial charge in [0.1, 0.15) is 5.82 Å². The fraction of sp³-hybridized carbons (Fsp3) is 0.364. The SMILES string of the molecule is CCCn1cc(-c2nc(C)c(I)c(=O)[nH]2)cn1. The summed E-state index contributed by atoms with van der Waals surface area (Å²) >= 11 is 2.00. The summed E-state index contributed by atoms with van der Waals surface area (Å²) in [5.41, 5.74) is 1.49. The normalized spacial score (nSPS) is 10.8. The summed E-state index contributed by atoms with van der Waals surface area (Å²) in [6.07, 6.45) is 4.64. The molecule has 0 unspecified atom stereocenters. The van der Waals surface area contributed by atoms with Crippen molar-refractivity contribution in [3.8, 4) is 11.4 Å². The fourth-order valence-electron chi connectivity index (χ4n) is 1.55. The van der Waals surface area contributed by atoms with E-state index in [1.54, 1.807) is 6.20 Å². The molecule has 0 radical (unpaired) electrons. The lowest BCUT2D eigenvalue weighted by molar-refractivity contribution is 0.603. The highest BCUT2D eigenvalue weighted by Crippen LogP contribution is 2.14. The highest BCUT2D eigenvalue weighted by molar-refractivity contribution is 14.1. The predicted molar refractivity (Wildman–Crippen MR) is 73.8 cm³/mol. The number of H-pyrrole nitrogens is 1. The fourth-order valence-corrected chi connectivity index (χ4v) is 1.80. The van der Waals surface area contributed by atoms with E-state index in [2.05, 4.69) is 22.0 Å². The first-order valence-corrected chi connectivity index (χ1v) is 6.49. The van der Waals surface area contributed by atoms with Crippen LogP contribution < -0.4 is 5.56 Å². The molecule has 0 spiro atoms. The minimum Gasteiger partial charge on any atom is -0.306 e. The van der Waals surface area contributed by atoms with Gasteiger partial charge in [0.15, 0.2) is 0 Å². The maximum absolute atomic E-state index is 11.6. The molecule has 0 aliphatic carbocycles. The number of aryl methyl sites for hydroxylation is 2. The van der Waals surface area contributed by atoms with E-state index in [1.165, 1.54) is 0 Å². The van der Waals surface area contributed by atoms with E-state index < -0.39 is 0 Å². The third-order valence-corrected chi connectivity index (χ3v) is 3.66. The minimum atomic E-state index is -0.101. The van der Waals surface area contributed by atoms with E-state index in [4.69, 9.17) is 0 Å². The van der Waals surface area contributed by atoms with Crippen LogP contribution in [0.15, 0.2) is 17.2 Å². The molecule has 2 heterocycles. The molecular formula is C11H13IN4O. The molecule has 0 saturated carbocycles. The topological polar surface area (TPSA) is 63.6 Å². The Balaban J connectivity index is 2.42. The summed E-state index contributed by atoms with van der Waals surface area (Å²) in [5.74, 6) is 0.579. The summed E-state index contributed by atoms with van der Waals surface area (Å²) in [5, 5.41) is 4.22. The van der Waals surface area contributed by atoms with Gasteiger partial charge in [-0.05, 0) is 35.9 Å². The number of hydrogen-bond acceptors (Lipinski definition) is 3. The second-order valence-electron chi connectivity index (χ2n) is 3.81. The van der Waals surface area contributed by atoms with Crippen LogP contribution in [0.1, 0.15) is 19.0 Å². The van der Waals surface area contributed by atoms with Crippen molar-refractivity contribution in [3.63, 3.8) is 0 Å². The molecule has 1 N–H and O–H groups in total. The molecule has 2 aromatic rings. The summed E-state index contributed by atoms with van der Waals surface area (Å²) in [6, 6.07) is 0. The monoisotopic (exact) mass is 344 g/mol. The van der Waals surface area contributed by atoms with Crippen LogP contribution in [-0.4, -0.2) is 19.7 Å². The van der Waals surface area contributed by atoms with Crippen molar-refractivity contribution in [2.45, 2.75) is 26.8 Å². The largest absolute Gasteiger partial charge is 0.306 e. The van der Waals surface area contributed by atoms with Crippen molar-refractivity contribution in [1.29, 1.82) is 0 Å². The van der Waals surface area contributed by atoms with E-state index in [9.17, 15) is 4.79 Å². The van der Waals surface area contributed by atoms with Crippen LogP contribution in [0, 0.1) is 10.5 Å². The molecule has 0 fully saturated rings. The Kier molecular flexibility index (Phi) is 3.60. The first-order valence-electron chi connectivity index (χ1n) is 5.41. The Morgan fingerprint density at radius 2 is 2.29 bits per heavy atom. The van der Waals surface area contributed by atoms with Crippen LogP contribution in [0.25, 0.3) is 11.4 Å². The second kappa shape index (κ2) is 4.99. The second-order valence-corrected chi connectivity index (χ2v) is 4.88. The third kappa shape index (κ3) is 2.56. The number of nitrogens with one attached hydrogen (secondary N) is 1. The average Bonchev–Trinajstić information content (AvgIpc) is 2.74. The number of rotatable bonds is 3. The third-order valence-electron chi connectivity index (χ3n) is 2.39. The van der Waals surface area contributed by atoms with Gasteiger partial charge in [-0.2, -0.15) is 5.10 Å². The number of nitrogens with zero attached hydrogens (tertiary/aromatic N) is 3. The van der Waals surface area contributed by atoms with Gasteiger partial charge in [-0.1, -0.05) is 6.92 Å². The van der Waals surface area contributed by atoms with Crippen molar-refractivity contribution in [3.05, 3.63) is 32.0 Å². The van der Waals surface area contributed by atoms with Crippen molar-refractivity contribution >= 4 is 22.6 Å². The van der Waals surface area contributed by atoms with Gasteiger partial charge in [0.2, 0.25) is 0 Å². The highest BCUT2D eigenvalue weighted by Gasteiger charge is 2.08. The first-order chi connectivity index (χ1) is 8.11. The molecule has 0 aliphatic rings. The van der Waals surface area contributed by atoms with Gasteiger partial charge in [-0.15, -0.1) is 0 Å². The quantitative estimate of drug-likeness (QED) is 0.866. The lowest BCUT2D eigenvalue weighted by Gasteiger charge is -2.00. The highest BCUT2D eigenvalue weighted by atomic mass is 127. The molecule has 0 saturated heterocycles. The van der Waals surface area contributed by atoms with Gasteiger partial charge in [0.25, 0.3) is 5.56 Å². The summed E-state index contributed by atoms with van der Waals surface area (Å²) < 4.78 is 2.48. The van der Waals surface area contributed by atoms with Gasteiger partial charge in [0.05, 0.1) is 21.0 Å². The van der Waals surface area contributed by atoms with Gasteiger partial charge in [0, 0.05) is 12.7 Å². The average molecular weight is 344 g/mol. The smallest absolute Gasteiger partial charge is 0.264 e. The van der Waals surface area contributed by atoms with Crippen LogP contribution in [-0.2, 0) is 6.54 Å². The van der Waals surface area contributed by atoms with Gasteiger partial charge in [-0.3, -0.25) is 9.48 Å². The van der Waals surface area contributed by atoms with Crippen LogP contribution in [0.4, 0.5) is 0 Å². The summed E-state index contributed by atoms with van der Waals surface area (Å²) in [6.45, 7) is 4.79. The molecule has 0 amide bonds. The molecule has 90 valence electrons. The van der Waals surface area contributed by atoms with E-state index in [0.29, 0.717) is 9.39 Å². The van der Waals surface area contributed by atoms with Crippen molar-refractivity contribution in [1.82, 2.24) is 19.7 Å². The molecule has 5 nitrogen and oxygen atoms in total. The first kappa shape index (κ1) is 12.3. The summed E-state index contributed by atoms with van der Waals surface area (Å²) in [7, 11) is 0. The van der Waals surface area contributed by atoms with E-state index in [0.717, 1.165) is 24.2 Å². The Labute approximate surface area is 112 Å². The standard InChI is InChI=1S/C11H13IN4O/c1-3-4-16-6-8(5-13-16)10-14-7(2)9(12)11(17)15-10/h5-6H,3-4H2,1-2H3,(H,14,15,17). The summed E-state index contributed by atoms with van der Waals surface area (Å²) in [4.78, 5) is 18.8. The maximum atomic E-state index is 11.6. The molecule has 0 bridgehead atoms. The van der Waals surface area contributed by atoms with Gasteiger partial charge in [-0.25, -0.2) is 4.98 Å². The number of aromatic nitrogens is 4. The number of hydrogen-bond donors (Lipinski definition) is 1. The predicted octanol–water partition coefficient (Wildman–Crippen LogP) is 1.96. The van der Waals surface area contributed by atoms with E-state index >= 15 is 0 Å². The van der Waals surface area contributed by atoms with Crippen LogP contribution in [0.5, 0.6) is 0 Å². The molecule has 6 heteroatoms. The minimum absolute atomic E-state index is 0.101. The molecule has 2 aromatic heterocycles. The Morgan fingerprint density at radius 1 is 1.53 bits per heavy atom. The zero-order valence-electron chi connectivity index (χ0n) is 9.70.